The average Bonchev–Trinajstić information content (AvgIpc) is 3.01. The first-order valence-corrected chi connectivity index (χ1v) is 8.62. The van der Waals surface area contributed by atoms with Gasteiger partial charge in [-0.3, -0.25) is 9.59 Å². The van der Waals surface area contributed by atoms with Gasteiger partial charge in [0, 0.05) is 37.0 Å². The van der Waals surface area contributed by atoms with Crippen molar-refractivity contribution in [2.24, 2.45) is 5.92 Å². The number of amides is 2. The minimum Gasteiger partial charge on any atom is -0.339 e. The van der Waals surface area contributed by atoms with Crippen molar-refractivity contribution < 1.29 is 9.59 Å². The molecule has 1 aliphatic heterocycles. The summed E-state index contributed by atoms with van der Waals surface area (Å²) in [6.07, 6.45) is 2.28. The first kappa shape index (κ1) is 16.0. The van der Waals surface area contributed by atoms with Crippen LogP contribution in [0.5, 0.6) is 0 Å². The van der Waals surface area contributed by atoms with Crippen LogP contribution in [0.1, 0.15) is 31.6 Å². The van der Waals surface area contributed by atoms with Crippen LogP contribution >= 0.6 is 11.3 Å². The van der Waals surface area contributed by atoms with Crippen LogP contribution in [0.2, 0.25) is 0 Å². The van der Waals surface area contributed by atoms with Gasteiger partial charge in [0.1, 0.15) is 0 Å². The van der Waals surface area contributed by atoms with Gasteiger partial charge in [0.05, 0.1) is 6.42 Å². The van der Waals surface area contributed by atoms with Crippen molar-refractivity contribution in [2.45, 2.75) is 33.1 Å². The Morgan fingerprint density at radius 2 is 1.76 bits per heavy atom. The quantitative estimate of drug-likeness (QED) is 0.838. The molecule has 5 heteroatoms. The third-order valence-corrected chi connectivity index (χ3v) is 5.06. The maximum absolute atomic E-state index is 12.3. The van der Waals surface area contributed by atoms with Gasteiger partial charge < -0.3 is 9.80 Å². The largest absolute Gasteiger partial charge is 0.339 e. The van der Waals surface area contributed by atoms with Crippen LogP contribution in [0.15, 0.2) is 17.5 Å². The lowest BCUT2D eigenvalue weighted by Gasteiger charge is -2.36. The van der Waals surface area contributed by atoms with Gasteiger partial charge >= 0.3 is 0 Å². The lowest BCUT2D eigenvalue weighted by atomic mass is 10.0. The molecule has 0 bridgehead atoms. The molecule has 1 aliphatic rings. The molecule has 2 amide bonds. The van der Waals surface area contributed by atoms with E-state index in [1.54, 1.807) is 11.3 Å². The molecule has 0 atom stereocenters. The number of thiophene rings is 1. The Bertz CT molecular complexity index is 461. The van der Waals surface area contributed by atoms with Crippen molar-refractivity contribution in [2.75, 3.05) is 26.2 Å². The zero-order valence-electron chi connectivity index (χ0n) is 12.9. The number of nitrogens with zero attached hydrogens (tertiary/aromatic N) is 2. The van der Waals surface area contributed by atoms with Crippen LogP contribution in [0.4, 0.5) is 0 Å². The molecule has 0 radical (unpaired) electrons. The fraction of sp³-hybridized carbons (Fsp3) is 0.625. The zero-order chi connectivity index (χ0) is 15.2. The maximum atomic E-state index is 12.3. The van der Waals surface area contributed by atoms with Gasteiger partial charge in [-0.15, -0.1) is 11.3 Å². The predicted octanol–water partition coefficient (Wildman–Crippen LogP) is 2.40. The summed E-state index contributed by atoms with van der Waals surface area (Å²) in [6.45, 7) is 6.79. The predicted molar refractivity (Wildman–Crippen MR) is 85.3 cm³/mol. The molecule has 21 heavy (non-hydrogen) atoms. The maximum Gasteiger partial charge on any atom is 0.227 e. The molecule has 4 nitrogen and oxygen atoms in total. The smallest absolute Gasteiger partial charge is 0.227 e. The minimum atomic E-state index is 0.137. The molecule has 0 N–H and O–H groups in total. The summed E-state index contributed by atoms with van der Waals surface area (Å²) >= 11 is 1.62. The highest BCUT2D eigenvalue weighted by Crippen LogP contribution is 2.15. The van der Waals surface area contributed by atoms with E-state index in [1.807, 2.05) is 27.3 Å². The topological polar surface area (TPSA) is 40.6 Å². The van der Waals surface area contributed by atoms with Crippen LogP contribution in [0, 0.1) is 5.92 Å². The van der Waals surface area contributed by atoms with Gasteiger partial charge in [-0.2, -0.15) is 0 Å². The standard InChI is InChI=1S/C16H24N2O2S/c1-3-13(4-2)16(20)18-9-7-17(8-10-18)15(19)12-14-6-5-11-21-14/h5-6,11,13H,3-4,7-10,12H2,1-2H3. The highest BCUT2D eigenvalue weighted by Gasteiger charge is 2.27. The molecule has 116 valence electrons. The van der Waals surface area contributed by atoms with E-state index in [4.69, 9.17) is 0 Å². The number of carbonyl (C=O) groups excluding carboxylic acids is 2. The second kappa shape index (κ2) is 7.59. The monoisotopic (exact) mass is 308 g/mol. The Morgan fingerprint density at radius 3 is 2.29 bits per heavy atom. The van der Waals surface area contributed by atoms with Crippen LogP contribution in [0.25, 0.3) is 0 Å². The van der Waals surface area contributed by atoms with E-state index in [0.29, 0.717) is 32.6 Å². The van der Waals surface area contributed by atoms with Crippen molar-refractivity contribution in [1.29, 1.82) is 0 Å². The van der Waals surface area contributed by atoms with Crippen LogP contribution in [-0.4, -0.2) is 47.8 Å². The molecule has 1 aromatic heterocycles. The third-order valence-electron chi connectivity index (χ3n) is 4.18. The minimum absolute atomic E-state index is 0.137. The Hall–Kier alpha value is -1.36. The fourth-order valence-electron chi connectivity index (χ4n) is 2.75. The molecule has 1 aromatic rings. The Morgan fingerprint density at radius 1 is 1.14 bits per heavy atom. The molecule has 0 spiro atoms. The highest BCUT2D eigenvalue weighted by molar-refractivity contribution is 7.10. The van der Waals surface area contributed by atoms with Crippen molar-refractivity contribution in [3.8, 4) is 0 Å². The average molecular weight is 308 g/mol. The lowest BCUT2D eigenvalue weighted by molar-refractivity contribution is -0.142. The summed E-state index contributed by atoms with van der Waals surface area (Å²) in [6, 6.07) is 3.97. The molecule has 0 aliphatic carbocycles. The molecule has 2 heterocycles. The van der Waals surface area contributed by atoms with E-state index in [0.717, 1.165) is 17.7 Å². The molecule has 2 rings (SSSR count). The van der Waals surface area contributed by atoms with Crippen molar-refractivity contribution in [3.05, 3.63) is 22.4 Å². The second-order valence-corrected chi connectivity index (χ2v) is 6.51. The first-order valence-electron chi connectivity index (χ1n) is 7.74. The number of carbonyl (C=O) groups is 2. The Balaban J connectivity index is 1.82. The van der Waals surface area contributed by atoms with Gasteiger partial charge in [0.15, 0.2) is 0 Å². The molecular formula is C16H24N2O2S. The zero-order valence-corrected chi connectivity index (χ0v) is 13.7. The van der Waals surface area contributed by atoms with Crippen LogP contribution in [0.3, 0.4) is 0 Å². The Kier molecular flexibility index (Phi) is 5.79. The van der Waals surface area contributed by atoms with E-state index in [2.05, 4.69) is 13.8 Å². The van der Waals surface area contributed by atoms with E-state index < -0.39 is 0 Å². The van der Waals surface area contributed by atoms with Gasteiger partial charge in [-0.25, -0.2) is 0 Å². The summed E-state index contributed by atoms with van der Waals surface area (Å²) in [5.41, 5.74) is 0. The summed E-state index contributed by atoms with van der Waals surface area (Å²) in [4.78, 5) is 29.5. The first-order chi connectivity index (χ1) is 10.2. The summed E-state index contributed by atoms with van der Waals surface area (Å²) in [5.74, 6) is 0.566. The molecule has 1 saturated heterocycles. The molecule has 0 unspecified atom stereocenters. The van der Waals surface area contributed by atoms with Crippen molar-refractivity contribution >= 4 is 23.2 Å². The van der Waals surface area contributed by atoms with E-state index in [-0.39, 0.29) is 17.7 Å². The number of piperazine rings is 1. The van der Waals surface area contributed by atoms with Crippen LogP contribution < -0.4 is 0 Å². The molecule has 0 aromatic carbocycles. The Labute approximate surface area is 130 Å². The highest BCUT2D eigenvalue weighted by atomic mass is 32.1. The number of hydrogen-bond donors (Lipinski definition) is 0. The SMILES string of the molecule is CCC(CC)C(=O)N1CCN(C(=O)Cc2cccs2)CC1. The molecule has 0 saturated carbocycles. The summed E-state index contributed by atoms with van der Waals surface area (Å²) in [5, 5.41) is 1.99. The molecule has 1 fully saturated rings. The van der Waals surface area contributed by atoms with Crippen molar-refractivity contribution in [3.63, 3.8) is 0 Å². The van der Waals surface area contributed by atoms with Gasteiger partial charge in [0.2, 0.25) is 11.8 Å². The summed E-state index contributed by atoms with van der Waals surface area (Å²) in [7, 11) is 0. The third kappa shape index (κ3) is 4.06. The van der Waals surface area contributed by atoms with E-state index >= 15 is 0 Å². The number of hydrogen-bond acceptors (Lipinski definition) is 3. The summed E-state index contributed by atoms with van der Waals surface area (Å²) < 4.78 is 0. The van der Waals surface area contributed by atoms with Crippen molar-refractivity contribution in [1.82, 2.24) is 9.80 Å². The van der Waals surface area contributed by atoms with Gasteiger partial charge in [0.25, 0.3) is 0 Å². The normalized spacial score (nSPS) is 15.6. The van der Waals surface area contributed by atoms with Gasteiger partial charge in [-0.05, 0) is 24.3 Å². The van der Waals surface area contributed by atoms with Gasteiger partial charge in [-0.1, -0.05) is 19.9 Å². The molecular weight excluding hydrogens is 284 g/mol. The number of rotatable bonds is 5. The van der Waals surface area contributed by atoms with Crippen LogP contribution in [-0.2, 0) is 16.0 Å². The fourth-order valence-corrected chi connectivity index (χ4v) is 3.44. The van der Waals surface area contributed by atoms with E-state index in [1.165, 1.54) is 0 Å². The van der Waals surface area contributed by atoms with E-state index in [9.17, 15) is 9.59 Å². The lowest BCUT2D eigenvalue weighted by Crippen LogP contribution is -2.52. The second-order valence-electron chi connectivity index (χ2n) is 5.48.